The highest BCUT2D eigenvalue weighted by Crippen LogP contribution is 2.36. The summed E-state index contributed by atoms with van der Waals surface area (Å²) >= 11 is 3.48. The Labute approximate surface area is 183 Å². The molecule has 1 aromatic carbocycles. The third-order valence-electron chi connectivity index (χ3n) is 5.34. The number of aromatic nitrogens is 1. The van der Waals surface area contributed by atoms with E-state index in [9.17, 15) is 9.59 Å². The lowest BCUT2D eigenvalue weighted by Crippen LogP contribution is -2.56. The number of nitrogens with zero attached hydrogens (tertiary/aromatic N) is 3. The van der Waals surface area contributed by atoms with Gasteiger partial charge < -0.3 is 18.8 Å². The molecule has 0 aliphatic carbocycles. The predicted molar refractivity (Wildman–Crippen MR) is 115 cm³/mol. The lowest BCUT2D eigenvalue weighted by molar-refractivity contribution is 0.0120. The van der Waals surface area contributed by atoms with Crippen LogP contribution in [0.1, 0.15) is 50.9 Å². The molecule has 2 fully saturated rings. The van der Waals surface area contributed by atoms with E-state index in [4.69, 9.17) is 13.9 Å². The fraction of sp³-hybridized carbons (Fsp3) is 0.571. The SMILES string of the molecule is CCOC(=O)c1ccc(Br)c2oc(N3CC4CCC(C3)N4C(=O)OC(C)(C)C)nc12. The van der Waals surface area contributed by atoms with Crippen molar-refractivity contribution in [3.05, 3.63) is 22.2 Å². The van der Waals surface area contributed by atoms with Gasteiger partial charge in [-0.05, 0) is 68.6 Å². The summed E-state index contributed by atoms with van der Waals surface area (Å²) in [7, 11) is 0. The lowest BCUT2D eigenvalue weighted by Gasteiger charge is -2.40. The highest BCUT2D eigenvalue weighted by atomic mass is 79.9. The van der Waals surface area contributed by atoms with E-state index < -0.39 is 11.6 Å². The van der Waals surface area contributed by atoms with E-state index in [1.165, 1.54) is 0 Å². The average Bonchev–Trinajstić information content (AvgIpc) is 3.21. The normalized spacial score (nSPS) is 21.2. The number of ether oxygens (including phenoxy) is 2. The van der Waals surface area contributed by atoms with Crippen molar-refractivity contribution in [1.82, 2.24) is 9.88 Å². The molecule has 0 saturated carbocycles. The van der Waals surface area contributed by atoms with Gasteiger partial charge in [-0.3, -0.25) is 4.90 Å². The Kier molecular flexibility index (Phi) is 5.42. The lowest BCUT2D eigenvalue weighted by atomic mass is 10.2. The van der Waals surface area contributed by atoms with Gasteiger partial charge in [-0.1, -0.05) is 0 Å². The molecule has 2 aliphatic heterocycles. The van der Waals surface area contributed by atoms with Gasteiger partial charge in [0.05, 0.1) is 28.7 Å². The quantitative estimate of drug-likeness (QED) is 0.604. The highest BCUT2D eigenvalue weighted by molar-refractivity contribution is 9.10. The van der Waals surface area contributed by atoms with Crippen LogP contribution in [0.3, 0.4) is 0 Å². The van der Waals surface area contributed by atoms with Gasteiger partial charge in [0.1, 0.15) is 11.1 Å². The maximum atomic E-state index is 12.7. The topological polar surface area (TPSA) is 85.1 Å². The van der Waals surface area contributed by atoms with Crippen molar-refractivity contribution in [1.29, 1.82) is 0 Å². The minimum atomic E-state index is -0.524. The van der Waals surface area contributed by atoms with Gasteiger partial charge in [0.2, 0.25) is 0 Å². The number of halogens is 1. The summed E-state index contributed by atoms with van der Waals surface area (Å²) in [5.41, 5.74) is 0.835. The van der Waals surface area contributed by atoms with Crippen molar-refractivity contribution in [2.24, 2.45) is 0 Å². The second kappa shape index (κ2) is 7.76. The molecule has 1 aromatic heterocycles. The summed E-state index contributed by atoms with van der Waals surface area (Å²) in [6.45, 7) is 8.89. The molecule has 2 saturated heterocycles. The predicted octanol–water partition coefficient (Wildman–Crippen LogP) is 4.36. The molecule has 1 amide bonds. The van der Waals surface area contributed by atoms with Gasteiger partial charge in [0.15, 0.2) is 5.58 Å². The number of amides is 1. The van der Waals surface area contributed by atoms with Crippen molar-refractivity contribution in [2.75, 3.05) is 24.6 Å². The third-order valence-corrected chi connectivity index (χ3v) is 5.96. The molecule has 4 rings (SSSR count). The second-order valence-electron chi connectivity index (χ2n) is 8.67. The van der Waals surface area contributed by atoms with Crippen LogP contribution in [0.15, 0.2) is 21.0 Å². The van der Waals surface area contributed by atoms with Crippen LogP contribution in [-0.4, -0.2) is 59.3 Å². The van der Waals surface area contributed by atoms with Crippen molar-refractivity contribution in [2.45, 2.75) is 58.2 Å². The van der Waals surface area contributed by atoms with E-state index in [-0.39, 0.29) is 24.8 Å². The van der Waals surface area contributed by atoms with Crippen molar-refractivity contribution in [3.63, 3.8) is 0 Å². The number of anilines is 1. The van der Waals surface area contributed by atoms with Gasteiger partial charge >= 0.3 is 12.1 Å². The Morgan fingerprint density at radius 3 is 2.50 bits per heavy atom. The monoisotopic (exact) mass is 479 g/mol. The number of rotatable bonds is 3. The fourth-order valence-corrected chi connectivity index (χ4v) is 4.55. The number of esters is 1. The summed E-state index contributed by atoms with van der Waals surface area (Å²) in [4.78, 5) is 33.5. The summed E-state index contributed by atoms with van der Waals surface area (Å²) in [5, 5.41) is 0. The van der Waals surface area contributed by atoms with Crippen LogP contribution in [0.2, 0.25) is 0 Å². The Morgan fingerprint density at radius 2 is 1.90 bits per heavy atom. The molecule has 2 aliphatic rings. The van der Waals surface area contributed by atoms with Crippen LogP contribution < -0.4 is 4.90 Å². The number of carbonyl (C=O) groups is 2. The number of hydrogen-bond acceptors (Lipinski definition) is 7. The van der Waals surface area contributed by atoms with Crippen molar-refractivity contribution in [3.8, 4) is 0 Å². The van der Waals surface area contributed by atoms with Crippen molar-refractivity contribution < 1.29 is 23.5 Å². The molecule has 2 aromatic rings. The molecular formula is C21H26BrN3O5. The Bertz CT molecular complexity index is 969. The van der Waals surface area contributed by atoms with E-state index in [1.807, 2.05) is 30.6 Å². The molecule has 2 bridgehead atoms. The standard InChI is InChI=1S/C21H26BrN3O5/c1-5-28-18(26)14-8-9-15(22)17-16(14)23-19(29-17)24-10-12-6-7-13(11-24)25(12)20(27)30-21(2,3)4/h8-9,12-13H,5-7,10-11H2,1-4H3. The first kappa shape index (κ1) is 21.0. The average molecular weight is 480 g/mol. The molecule has 0 spiro atoms. The number of hydrogen-bond donors (Lipinski definition) is 0. The summed E-state index contributed by atoms with van der Waals surface area (Å²) in [5.74, 6) is -0.426. The van der Waals surface area contributed by atoms with Gasteiger partial charge in [0, 0.05) is 13.1 Å². The molecule has 0 N–H and O–H groups in total. The summed E-state index contributed by atoms with van der Waals surface area (Å²) in [6, 6.07) is 3.97. The van der Waals surface area contributed by atoms with Crippen LogP contribution in [0.5, 0.6) is 0 Å². The molecule has 8 nitrogen and oxygen atoms in total. The van der Waals surface area contributed by atoms with Crippen LogP contribution in [0, 0.1) is 0 Å². The first-order chi connectivity index (χ1) is 14.2. The van der Waals surface area contributed by atoms with Gasteiger partial charge in [0.25, 0.3) is 6.01 Å². The molecule has 0 radical (unpaired) electrons. The molecule has 2 unspecified atom stereocenters. The molecular weight excluding hydrogens is 454 g/mol. The zero-order chi connectivity index (χ0) is 21.6. The zero-order valence-electron chi connectivity index (χ0n) is 17.6. The van der Waals surface area contributed by atoms with E-state index in [1.54, 1.807) is 19.1 Å². The van der Waals surface area contributed by atoms with Crippen LogP contribution >= 0.6 is 15.9 Å². The molecule has 30 heavy (non-hydrogen) atoms. The third kappa shape index (κ3) is 3.87. The largest absolute Gasteiger partial charge is 0.462 e. The molecule has 162 valence electrons. The second-order valence-corrected chi connectivity index (χ2v) is 9.52. The first-order valence-electron chi connectivity index (χ1n) is 10.2. The van der Waals surface area contributed by atoms with E-state index in [2.05, 4.69) is 20.9 Å². The van der Waals surface area contributed by atoms with Crippen LogP contribution in [-0.2, 0) is 9.47 Å². The number of oxazole rings is 1. The number of piperazine rings is 1. The molecule has 9 heteroatoms. The van der Waals surface area contributed by atoms with Crippen molar-refractivity contribution >= 4 is 45.1 Å². The first-order valence-corrected chi connectivity index (χ1v) is 11.0. The maximum Gasteiger partial charge on any atom is 0.410 e. The van der Waals surface area contributed by atoms with Gasteiger partial charge in [-0.25, -0.2) is 9.59 Å². The zero-order valence-corrected chi connectivity index (χ0v) is 19.2. The van der Waals surface area contributed by atoms with Gasteiger partial charge in [-0.15, -0.1) is 0 Å². The Balaban J connectivity index is 1.59. The smallest absolute Gasteiger partial charge is 0.410 e. The fourth-order valence-electron chi connectivity index (χ4n) is 4.15. The van der Waals surface area contributed by atoms with E-state index >= 15 is 0 Å². The van der Waals surface area contributed by atoms with E-state index in [0.717, 1.165) is 17.3 Å². The minimum absolute atomic E-state index is 0.0431. The summed E-state index contributed by atoms with van der Waals surface area (Å²) in [6.07, 6.45) is 1.57. The highest BCUT2D eigenvalue weighted by Gasteiger charge is 2.45. The Hall–Kier alpha value is -2.29. The van der Waals surface area contributed by atoms with Crippen LogP contribution in [0.25, 0.3) is 11.1 Å². The minimum Gasteiger partial charge on any atom is -0.462 e. The number of carbonyl (C=O) groups excluding carboxylic acids is 2. The number of benzene rings is 1. The molecule has 3 heterocycles. The number of fused-ring (bicyclic) bond motifs is 3. The maximum absolute atomic E-state index is 12.7. The molecule has 2 atom stereocenters. The van der Waals surface area contributed by atoms with Crippen LogP contribution in [0.4, 0.5) is 10.8 Å². The van der Waals surface area contributed by atoms with E-state index in [0.29, 0.717) is 35.8 Å². The summed E-state index contributed by atoms with van der Waals surface area (Å²) < 4.78 is 17.5. The Morgan fingerprint density at radius 1 is 1.23 bits per heavy atom. The van der Waals surface area contributed by atoms with Gasteiger partial charge in [-0.2, -0.15) is 4.98 Å².